The van der Waals surface area contributed by atoms with Gasteiger partial charge in [0.15, 0.2) is 0 Å². The first kappa shape index (κ1) is 20.5. The van der Waals surface area contributed by atoms with Crippen molar-refractivity contribution in [1.29, 1.82) is 0 Å². The Balaban J connectivity index is 1.80. The molecule has 0 aliphatic rings. The molecule has 0 radical (unpaired) electrons. The number of rotatable bonds is 7. The van der Waals surface area contributed by atoms with Crippen LogP contribution in [0.15, 0.2) is 54.6 Å². The van der Waals surface area contributed by atoms with Crippen LogP contribution < -0.4 is 5.32 Å². The number of nitrogens with one attached hydrogen (secondary N) is 1. The lowest BCUT2D eigenvalue weighted by Crippen LogP contribution is -2.07. The van der Waals surface area contributed by atoms with Gasteiger partial charge < -0.3 is 14.6 Å². The van der Waals surface area contributed by atoms with E-state index >= 15 is 0 Å². The minimum atomic E-state index is -0.215. The molecule has 6 heteroatoms. The smallest absolute Gasteiger partial charge is 0.310 e. The maximum absolute atomic E-state index is 12.1. The van der Waals surface area contributed by atoms with E-state index in [0.29, 0.717) is 13.2 Å². The Morgan fingerprint density at radius 2 is 2.03 bits per heavy atom. The normalized spacial score (nSPS) is 11.2. The summed E-state index contributed by atoms with van der Waals surface area (Å²) in [7, 11) is 1.86. The molecule has 2 aromatic carbocycles. The zero-order chi connectivity index (χ0) is 21.3. The van der Waals surface area contributed by atoms with Gasteiger partial charge in [0.2, 0.25) is 0 Å². The molecule has 4 rings (SSSR count). The first-order valence-corrected chi connectivity index (χ1v) is 11.1. The van der Waals surface area contributed by atoms with Crippen molar-refractivity contribution in [3.05, 3.63) is 76.3 Å². The monoisotopic (exact) mass is 438 g/mol. The van der Waals surface area contributed by atoms with Crippen molar-refractivity contribution in [2.24, 2.45) is 0 Å². The number of hydrogen-bond donors (Lipinski definition) is 1. The molecule has 0 spiro atoms. The second-order valence-electron chi connectivity index (χ2n) is 7.13. The fourth-order valence-electron chi connectivity index (χ4n) is 3.70. The lowest BCUT2D eigenvalue weighted by Gasteiger charge is -2.09. The van der Waals surface area contributed by atoms with E-state index in [1.807, 2.05) is 32.2 Å². The number of hydrogen-bond acceptors (Lipinski definition) is 4. The van der Waals surface area contributed by atoms with Crippen molar-refractivity contribution >= 4 is 55.6 Å². The number of nitrogens with zero attached hydrogens (tertiary/aromatic N) is 1. The zero-order valence-electron chi connectivity index (χ0n) is 17.0. The summed E-state index contributed by atoms with van der Waals surface area (Å²) in [5.41, 5.74) is 5.09. The number of carbonyl (C=O) groups excluding carboxylic acids is 1. The summed E-state index contributed by atoms with van der Waals surface area (Å²) in [5, 5.41) is 8.23. The van der Waals surface area contributed by atoms with Crippen LogP contribution in [0.2, 0.25) is 5.02 Å². The third kappa shape index (κ3) is 3.95. The second kappa shape index (κ2) is 8.54. The number of fused-ring (bicyclic) bond motifs is 2. The molecule has 0 fully saturated rings. The van der Waals surface area contributed by atoms with Crippen LogP contribution in [0.25, 0.3) is 26.7 Å². The van der Waals surface area contributed by atoms with Crippen molar-refractivity contribution in [3.8, 4) is 0 Å². The molecule has 154 valence electrons. The second-order valence-corrected chi connectivity index (χ2v) is 8.47. The van der Waals surface area contributed by atoms with E-state index in [4.69, 9.17) is 16.3 Å². The third-order valence-corrected chi connectivity index (χ3v) is 6.46. The van der Waals surface area contributed by atoms with E-state index in [1.54, 1.807) is 11.3 Å². The Labute approximate surface area is 184 Å². The highest BCUT2D eigenvalue weighted by molar-refractivity contribution is 7.17. The summed E-state index contributed by atoms with van der Waals surface area (Å²) in [4.78, 5) is 12.1. The number of thiophene rings is 1. The van der Waals surface area contributed by atoms with E-state index in [-0.39, 0.29) is 12.4 Å². The highest BCUT2D eigenvalue weighted by atomic mass is 35.5. The standard InChI is InChI=1S/C24H23ClN2O2S/c1-4-29-24(28)10-17-12-27(22-9-16(15(2)26-3)5-7-20(17)22)13-18-14-30-23-8-6-19(25)11-21(18)23/h5-9,11-12,14,26H,2,4,10,13H2,1,3H3. The van der Waals surface area contributed by atoms with Crippen molar-refractivity contribution < 1.29 is 9.53 Å². The first-order valence-electron chi connectivity index (χ1n) is 9.80. The number of ether oxygens (including phenoxy) is 1. The molecule has 30 heavy (non-hydrogen) atoms. The molecule has 0 saturated carbocycles. The van der Waals surface area contributed by atoms with Crippen LogP contribution in [0.3, 0.4) is 0 Å². The van der Waals surface area contributed by atoms with Crippen LogP contribution >= 0.6 is 22.9 Å². The predicted octanol–water partition coefficient (Wildman–Crippen LogP) is 5.85. The fourth-order valence-corrected chi connectivity index (χ4v) is 4.81. The van der Waals surface area contributed by atoms with Crippen LogP contribution in [0.5, 0.6) is 0 Å². The van der Waals surface area contributed by atoms with Gasteiger partial charge in [0, 0.05) is 46.1 Å². The van der Waals surface area contributed by atoms with E-state index < -0.39 is 0 Å². The largest absolute Gasteiger partial charge is 0.466 e. The molecule has 0 unspecified atom stereocenters. The van der Waals surface area contributed by atoms with Gasteiger partial charge in [0.25, 0.3) is 0 Å². The number of benzene rings is 2. The molecule has 0 amide bonds. The molecule has 0 bridgehead atoms. The Hall–Kier alpha value is -2.76. The van der Waals surface area contributed by atoms with Gasteiger partial charge >= 0.3 is 5.97 Å². The average Bonchev–Trinajstić information content (AvgIpc) is 3.28. The van der Waals surface area contributed by atoms with E-state index in [2.05, 4.69) is 46.2 Å². The molecular formula is C24H23ClN2O2S. The van der Waals surface area contributed by atoms with Crippen LogP contribution in [-0.4, -0.2) is 24.2 Å². The summed E-state index contributed by atoms with van der Waals surface area (Å²) in [6, 6.07) is 12.2. The van der Waals surface area contributed by atoms with Gasteiger partial charge in [-0.05, 0) is 58.6 Å². The van der Waals surface area contributed by atoms with Gasteiger partial charge in [-0.1, -0.05) is 30.3 Å². The Morgan fingerprint density at radius 1 is 1.20 bits per heavy atom. The number of esters is 1. The lowest BCUT2D eigenvalue weighted by molar-refractivity contribution is -0.142. The van der Waals surface area contributed by atoms with Gasteiger partial charge in [0.1, 0.15) is 0 Å². The molecule has 1 N–H and O–H groups in total. The van der Waals surface area contributed by atoms with Crippen molar-refractivity contribution in [2.75, 3.05) is 13.7 Å². The molecule has 0 aliphatic heterocycles. The Morgan fingerprint density at radius 3 is 2.80 bits per heavy atom. The van der Waals surface area contributed by atoms with E-state index in [0.717, 1.165) is 38.1 Å². The highest BCUT2D eigenvalue weighted by Crippen LogP contribution is 2.31. The molecule has 0 saturated heterocycles. The van der Waals surface area contributed by atoms with Crippen molar-refractivity contribution in [2.45, 2.75) is 19.9 Å². The van der Waals surface area contributed by atoms with Crippen LogP contribution in [0, 0.1) is 0 Å². The minimum Gasteiger partial charge on any atom is -0.466 e. The Bertz CT molecular complexity index is 1260. The van der Waals surface area contributed by atoms with Gasteiger partial charge in [-0.3, -0.25) is 4.79 Å². The molecule has 4 aromatic rings. The summed E-state index contributed by atoms with van der Waals surface area (Å²) >= 11 is 7.95. The number of halogens is 1. The minimum absolute atomic E-state index is 0.215. The topological polar surface area (TPSA) is 43.3 Å². The van der Waals surface area contributed by atoms with Gasteiger partial charge in [-0.2, -0.15) is 0 Å². The van der Waals surface area contributed by atoms with Crippen LogP contribution in [0.1, 0.15) is 23.6 Å². The van der Waals surface area contributed by atoms with E-state index in [9.17, 15) is 4.79 Å². The molecule has 0 aliphatic carbocycles. The van der Waals surface area contributed by atoms with Gasteiger partial charge in [0.05, 0.1) is 13.0 Å². The number of aromatic nitrogens is 1. The average molecular weight is 439 g/mol. The molecule has 4 nitrogen and oxygen atoms in total. The van der Waals surface area contributed by atoms with Crippen LogP contribution in [-0.2, 0) is 22.5 Å². The molecule has 0 atom stereocenters. The third-order valence-electron chi connectivity index (χ3n) is 5.21. The quantitative estimate of drug-likeness (QED) is 0.368. The van der Waals surface area contributed by atoms with Crippen molar-refractivity contribution in [3.63, 3.8) is 0 Å². The maximum atomic E-state index is 12.1. The maximum Gasteiger partial charge on any atom is 0.310 e. The van der Waals surface area contributed by atoms with Crippen molar-refractivity contribution in [1.82, 2.24) is 9.88 Å². The van der Waals surface area contributed by atoms with E-state index in [1.165, 1.54) is 10.3 Å². The fraction of sp³-hybridized carbons (Fsp3) is 0.208. The highest BCUT2D eigenvalue weighted by Gasteiger charge is 2.15. The SMILES string of the molecule is C=C(NC)c1ccc2c(CC(=O)OCC)cn(Cc3csc4ccc(Cl)cc34)c2c1. The molecule has 2 heterocycles. The summed E-state index contributed by atoms with van der Waals surface area (Å²) in [5.74, 6) is -0.215. The summed E-state index contributed by atoms with van der Waals surface area (Å²) in [6.45, 7) is 6.97. The Kier molecular flexibility index (Phi) is 5.84. The lowest BCUT2D eigenvalue weighted by atomic mass is 10.1. The zero-order valence-corrected chi connectivity index (χ0v) is 18.6. The summed E-state index contributed by atoms with van der Waals surface area (Å²) in [6.07, 6.45) is 2.31. The molecule has 2 aromatic heterocycles. The number of carbonyl (C=O) groups is 1. The van der Waals surface area contributed by atoms with Crippen LogP contribution in [0.4, 0.5) is 0 Å². The molecular weight excluding hydrogens is 416 g/mol. The van der Waals surface area contributed by atoms with Gasteiger partial charge in [-0.25, -0.2) is 0 Å². The van der Waals surface area contributed by atoms with Gasteiger partial charge in [-0.15, -0.1) is 11.3 Å². The predicted molar refractivity (Wildman–Crippen MR) is 126 cm³/mol. The first-order chi connectivity index (χ1) is 14.5. The summed E-state index contributed by atoms with van der Waals surface area (Å²) < 4.78 is 8.58.